The standard InChI is InChI=1S/C15H9BrF2N2O/c16-9-4-5-12(18)11(7-9)14-13(15(19)20-21-14)8-2-1-3-10(17)6-8/h1-7H,(H2,19,20). The van der Waals surface area contributed by atoms with Gasteiger partial charge in [0.1, 0.15) is 11.6 Å². The smallest absolute Gasteiger partial charge is 0.179 e. The lowest BCUT2D eigenvalue weighted by Crippen LogP contribution is -1.91. The lowest BCUT2D eigenvalue weighted by molar-refractivity contribution is 0.433. The minimum absolute atomic E-state index is 0.0787. The van der Waals surface area contributed by atoms with Crippen LogP contribution in [0.25, 0.3) is 22.5 Å². The summed E-state index contributed by atoms with van der Waals surface area (Å²) in [4.78, 5) is 0. The van der Waals surface area contributed by atoms with Gasteiger partial charge < -0.3 is 10.3 Å². The molecule has 1 aromatic heterocycles. The van der Waals surface area contributed by atoms with Gasteiger partial charge in [0, 0.05) is 4.47 Å². The van der Waals surface area contributed by atoms with Crippen molar-refractivity contribution in [1.82, 2.24) is 5.16 Å². The molecule has 3 rings (SSSR count). The van der Waals surface area contributed by atoms with Crippen molar-refractivity contribution in [2.45, 2.75) is 0 Å². The number of nitrogens with two attached hydrogens (primary N) is 1. The second kappa shape index (κ2) is 5.29. The van der Waals surface area contributed by atoms with Crippen LogP contribution in [0, 0.1) is 11.6 Å². The fraction of sp³-hybridized carbons (Fsp3) is 0. The molecule has 0 radical (unpaired) electrons. The average molecular weight is 351 g/mol. The van der Waals surface area contributed by atoms with E-state index in [1.807, 2.05) is 0 Å². The van der Waals surface area contributed by atoms with Crippen LogP contribution in [0.2, 0.25) is 0 Å². The molecule has 0 unspecified atom stereocenters. The molecule has 0 amide bonds. The molecule has 0 bridgehead atoms. The molecule has 0 fully saturated rings. The predicted molar refractivity (Wildman–Crippen MR) is 79.4 cm³/mol. The average Bonchev–Trinajstić information content (AvgIpc) is 2.83. The van der Waals surface area contributed by atoms with Gasteiger partial charge in [-0.3, -0.25) is 0 Å². The summed E-state index contributed by atoms with van der Waals surface area (Å²) in [5, 5.41) is 3.67. The minimum Gasteiger partial charge on any atom is -0.380 e. The third kappa shape index (κ3) is 2.54. The molecule has 0 aliphatic rings. The monoisotopic (exact) mass is 350 g/mol. The molecule has 0 aliphatic carbocycles. The number of nitrogen functional groups attached to an aromatic ring is 1. The van der Waals surface area contributed by atoms with E-state index in [-0.39, 0.29) is 17.1 Å². The third-order valence-corrected chi connectivity index (χ3v) is 3.50. The van der Waals surface area contributed by atoms with E-state index in [2.05, 4.69) is 21.1 Å². The van der Waals surface area contributed by atoms with Crippen LogP contribution in [0.1, 0.15) is 0 Å². The number of hydrogen-bond donors (Lipinski definition) is 1. The Morgan fingerprint density at radius 2 is 1.90 bits per heavy atom. The van der Waals surface area contributed by atoms with Gasteiger partial charge in [-0.15, -0.1) is 0 Å². The first kappa shape index (κ1) is 13.8. The van der Waals surface area contributed by atoms with E-state index >= 15 is 0 Å². The van der Waals surface area contributed by atoms with Crippen LogP contribution >= 0.6 is 15.9 Å². The summed E-state index contributed by atoms with van der Waals surface area (Å²) < 4.78 is 33.2. The molecule has 0 saturated heterocycles. The SMILES string of the molecule is Nc1noc(-c2cc(Br)ccc2F)c1-c1cccc(F)c1. The normalized spacial score (nSPS) is 10.8. The molecule has 2 N–H and O–H groups in total. The van der Waals surface area contributed by atoms with Gasteiger partial charge in [0.2, 0.25) is 0 Å². The van der Waals surface area contributed by atoms with Gasteiger partial charge >= 0.3 is 0 Å². The molecule has 106 valence electrons. The Labute approximate surface area is 127 Å². The summed E-state index contributed by atoms with van der Waals surface area (Å²) in [6, 6.07) is 10.2. The van der Waals surface area contributed by atoms with E-state index in [9.17, 15) is 8.78 Å². The summed E-state index contributed by atoms with van der Waals surface area (Å²) in [5.74, 6) is -0.660. The minimum atomic E-state index is -0.480. The first-order valence-corrected chi connectivity index (χ1v) is 6.82. The largest absolute Gasteiger partial charge is 0.380 e. The fourth-order valence-electron chi connectivity index (χ4n) is 2.08. The molecular formula is C15H9BrF2N2O. The Morgan fingerprint density at radius 1 is 1.10 bits per heavy atom. The zero-order valence-corrected chi connectivity index (χ0v) is 12.2. The molecule has 0 atom stereocenters. The van der Waals surface area contributed by atoms with Gasteiger partial charge in [-0.05, 0) is 35.9 Å². The van der Waals surface area contributed by atoms with Crippen LogP contribution in [-0.4, -0.2) is 5.16 Å². The maximum Gasteiger partial charge on any atom is 0.179 e. The first-order valence-electron chi connectivity index (χ1n) is 6.03. The van der Waals surface area contributed by atoms with Crippen LogP contribution in [0.4, 0.5) is 14.6 Å². The highest BCUT2D eigenvalue weighted by molar-refractivity contribution is 9.10. The van der Waals surface area contributed by atoms with Crippen molar-refractivity contribution in [3.05, 3.63) is 58.6 Å². The van der Waals surface area contributed by atoms with Gasteiger partial charge in [0.05, 0.1) is 11.1 Å². The van der Waals surface area contributed by atoms with Gasteiger partial charge in [-0.1, -0.05) is 33.2 Å². The highest BCUT2D eigenvalue weighted by Crippen LogP contribution is 2.38. The van der Waals surface area contributed by atoms with Crippen molar-refractivity contribution < 1.29 is 13.3 Å². The van der Waals surface area contributed by atoms with Crippen molar-refractivity contribution in [2.24, 2.45) is 0 Å². The second-order valence-corrected chi connectivity index (χ2v) is 5.32. The topological polar surface area (TPSA) is 52.0 Å². The maximum absolute atomic E-state index is 14.0. The highest BCUT2D eigenvalue weighted by Gasteiger charge is 2.20. The Morgan fingerprint density at radius 3 is 2.67 bits per heavy atom. The Bertz CT molecular complexity index is 817. The van der Waals surface area contributed by atoms with E-state index in [0.29, 0.717) is 15.6 Å². The van der Waals surface area contributed by atoms with Crippen molar-refractivity contribution >= 4 is 21.7 Å². The Hall–Kier alpha value is -2.21. The summed E-state index contributed by atoms with van der Waals surface area (Å²) >= 11 is 3.27. The number of anilines is 1. The second-order valence-electron chi connectivity index (χ2n) is 4.41. The van der Waals surface area contributed by atoms with Gasteiger partial charge in [-0.2, -0.15) is 0 Å². The molecule has 0 spiro atoms. The fourth-order valence-corrected chi connectivity index (χ4v) is 2.44. The Kier molecular flexibility index (Phi) is 3.47. The lowest BCUT2D eigenvalue weighted by atomic mass is 10.0. The van der Waals surface area contributed by atoms with Gasteiger partial charge in [0.15, 0.2) is 11.6 Å². The molecular weight excluding hydrogens is 342 g/mol. The number of nitrogens with zero attached hydrogens (tertiary/aromatic N) is 1. The van der Waals surface area contributed by atoms with E-state index < -0.39 is 11.6 Å². The first-order chi connectivity index (χ1) is 10.1. The van der Waals surface area contributed by atoms with Crippen LogP contribution in [0.15, 0.2) is 51.5 Å². The van der Waals surface area contributed by atoms with Gasteiger partial charge in [-0.25, -0.2) is 8.78 Å². The summed E-state index contributed by atoms with van der Waals surface area (Å²) in [7, 11) is 0. The molecule has 6 heteroatoms. The molecule has 0 aliphatic heterocycles. The molecule has 1 heterocycles. The number of benzene rings is 2. The number of hydrogen-bond acceptors (Lipinski definition) is 3. The quantitative estimate of drug-likeness (QED) is 0.732. The number of halogens is 3. The summed E-state index contributed by atoms with van der Waals surface area (Å²) in [5.41, 5.74) is 6.83. The molecule has 21 heavy (non-hydrogen) atoms. The van der Waals surface area contributed by atoms with E-state index in [0.717, 1.165) is 0 Å². The molecule has 2 aromatic carbocycles. The summed E-state index contributed by atoms with van der Waals surface area (Å²) in [6.07, 6.45) is 0. The van der Waals surface area contributed by atoms with Crippen LogP contribution in [0.3, 0.4) is 0 Å². The van der Waals surface area contributed by atoms with Gasteiger partial charge in [0.25, 0.3) is 0 Å². The van der Waals surface area contributed by atoms with Crippen molar-refractivity contribution in [2.75, 3.05) is 5.73 Å². The van der Waals surface area contributed by atoms with Crippen molar-refractivity contribution in [3.8, 4) is 22.5 Å². The van der Waals surface area contributed by atoms with Crippen LogP contribution < -0.4 is 5.73 Å². The van der Waals surface area contributed by atoms with Crippen LogP contribution in [0.5, 0.6) is 0 Å². The number of rotatable bonds is 2. The van der Waals surface area contributed by atoms with Crippen molar-refractivity contribution in [1.29, 1.82) is 0 Å². The van der Waals surface area contributed by atoms with E-state index in [4.69, 9.17) is 10.3 Å². The maximum atomic E-state index is 14.0. The highest BCUT2D eigenvalue weighted by atomic mass is 79.9. The van der Waals surface area contributed by atoms with Crippen LogP contribution in [-0.2, 0) is 0 Å². The van der Waals surface area contributed by atoms with Crippen molar-refractivity contribution in [3.63, 3.8) is 0 Å². The van der Waals surface area contributed by atoms with E-state index in [1.165, 1.54) is 24.3 Å². The molecule has 3 nitrogen and oxygen atoms in total. The Balaban J connectivity index is 2.24. The number of aromatic nitrogens is 1. The zero-order valence-electron chi connectivity index (χ0n) is 10.6. The third-order valence-electron chi connectivity index (χ3n) is 3.00. The summed E-state index contributed by atoms with van der Waals surface area (Å²) in [6.45, 7) is 0. The molecule has 3 aromatic rings. The lowest BCUT2D eigenvalue weighted by Gasteiger charge is -2.05. The van der Waals surface area contributed by atoms with E-state index in [1.54, 1.807) is 18.2 Å². The molecule has 0 saturated carbocycles. The zero-order chi connectivity index (χ0) is 15.0. The predicted octanol–water partition coefficient (Wildman–Crippen LogP) is 4.63.